The summed E-state index contributed by atoms with van der Waals surface area (Å²) in [5.74, 6) is 0. The van der Waals surface area contributed by atoms with Crippen molar-refractivity contribution in [1.29, 1.82) is 5.26 Å². The Morgan fingerprint density at radius 2 is 2.21 bits per heavy atom. The minimum atomic E-state index is -3.76. The molecule has 0 aliphatic heterocycles. The Labute approximate surface area is 127 Å². The maximum absolute atomic E-state index is 12.1. The molecule has 0 aliphatic rings. The monoisotopic (exact) mass is 377 g/mol. The van der Waals surface area contributed by atoms with Gasteiger partial charge in [0.05, 0.1) is 25.5 Å². The van der Waals surface area contributed by atoms with Crippen molar-refractivity contribution in [1.82, 2.24) is 4.98 Å². The SMILES string of the molecule is N#Cc1ccc(S(=O)(=O)Nc2ncc(Br)s2)cc1Cl. The molecule has 0 amide bonds. The number of nitrogens with one attached hydrogen (secondary N) is 1. The molecule has 0 saturated carbocycles. The maximum Gasteiger partial charge on any atom is 0.263 e. The number of nitriles is 1. The van der Waals surface area contributed by atoms with Gasteiger partial charge in [0.25, 0.3) is 10.0 Å². The fourth-order valence-corrected chi connectivity index (χ4v) is 3.89. The number of thiazole rings is 1. The van der Waals surface area contributed by atoms with Gasteiger partial charge in [0.2, 0.25) is 0 Å². The Balaban J connectivity index is 2.35. The number of nitrogens with zero attached hydrogens (tertiary/aromatic N) is 2. The lowest BCUT2D eigenvalue weighted by Gasteiger charge is -2.05. The molecule has 0 saturated heterocycles. The van der Waals surface area contributed by atoms with Gasteiger partial charge in [-0.2, -0.15) is 5.26 Å². The predicted molar refractivity (Wildman–Crippen MR) is 76.8 cm³/mol. The van der Waals surface area contributed by atoms with Crippen molar-refractivity contribution in [3.05, 3.63) is 38.8 Å². The lowest BCUT2D eigenvalue weighted by Crippen LogP contribution is -2.12. The van der Waals surface area contributed by atoms with Crippen LogP contribution in [0, 0.1) is 11.3 Å². The van der Waals surface area contributed by atoms with Gasteiger partial charge in [-0.25, -0.2) is 13.4 Å². The lowest BCUT2D eigenvalue weighted by atomic mass is 10.2. The molecule has 0 bridgehead atoms. The second-order valence-corrected chi connectivity index (χ2v) is 7.83. The van der Waals surface area contributed by atoms with Crippen molar-refractivity contribution < 1.29 is 8.42 Å². The zero-order valence-corrected chi connectivity index (χ0v) is 13.1. The summed E-state index contributed by atoms with van der Waals surface area (Å²) in [6.45, 7) is 0. The van der Waals surface area contributed by atoms with E-state index in [1.807, 2.05) is 6.07 Å². The molecular formula is C10H5BrClN3O2S2. The van der Waals surface area contributed by atoms with Crippen LogP contribution >= 0.6 is 38.9 Å². The summed E-state index contributed by atoms with van der Waals surface area (Å²) in [7, 11) is -3.76. The van der Waals surface area contributed by atoms with E-state index < -0.39 is 10.0 Å². The molecule has 0 fully saturated rings. The minimum Gasteiger partial charge on any atom is -0.255 e. The zero-order chi connectivity index (χ0) is 14.0. The Bertz CT molecular complexity index is 767. The third-order valence-corrected chi connectivity index (χ3v) is 5.24. The molecule has 98 valence electrons. The van der Waals surface area contributed by atoms with Crippen molar-refractivity contribution in [2.75, 3.05) is 4.72 Å². The van der Waals surface area contributed by atoms with E-state index >= 15 is 0 Å². The van der Waals surface area contributed by atoms with Crippen LogP contribution < -0.4 is 4.72 Å². The molecular weight excluding hydrogens is 374 g/mol. The molecule has 9 heteroatoms. The largest absolute Gasteiger partial charge is 0.263 e. The van der Waals surface area contributed by atoms with Crippen molar-refractivity contribution in [3.63, 3.8) is 0 Å². The normalized spacial score (nSPS) is 11.0. The number of aromatic nitrogens is 1. The first kappa shape index (κ1) is 14.3. The van der Waals surface area contributed by atoms with E-state index in [-0.39, 0.29) is 20.6 Å². The molecule has 2 aromatic rings. The minimum absolute atomic E-state index is 0.0252. The molecule has 0 atom stereocenters. The average molecular weight is 379 g/mol. The fraction of sp³-hybridized carbons (Fsp3) is 0. The van der Waals surface area contributed by atoms with Gasteiger partial charge in [-0.3, -0.25) is 4.72 Å². The van der Waals surface area contributed by atoms with Crippen molar-refractivity contribution in [2.24, 2.45) is 0 Å². The molecule has 2 rings (SSSR count). The Morgan fingerprint density at radius 1 is 1.47 bits per heavy atom. The zero-order valence-electron chi connectivity index (χ0n) is 9.09. The van der Waals surface area contributed by atoms with Gasteiger partial charge < -0.3 is 0 Å². The van der Waals surface area contributed by atoms with Gasteiger partial charge >= 0.3 is 0 Å². The number of benzene rings is 1. The molecule has 0 spiro atoms. The van der Waals surface area contributed by atoms with Crippen molar-refractivity contribution in [3.8, 4) is 6.07 Å². The van der Waals surface area contributed by atoms with Gasteiger partial charge in [-0.05, 0) is 34.1 Å². The highest BCUT2D eigenvalue weighted by molar-refractivity contribution is 9.11. The first-order valence-electron chi connectivity index (χ1n) is 4.76. The van der Waals surface area contributed by atoms with Gasteiger partial charge in [0.15, 0.2) is 5.13 Å². The first-order valence-corrected chi connectivity index (χ1v) is 8.23. The summed E-state index contributed by atoms with van der Waals surface area (Å²) in [6, 6.07) is 5.76. The highest BCUT2D eigenvalue weighted by atomic mass is 79.9. The van der Waals surface area contributed by atoms with Crippen LogP contribution in [0.5, 0.6) is 0 Å². The fourth-order valence-electron chi connectivity index (χ4n) is 1.23. The Hall–Kier alpha value is -1.14. The number of halogens is 2. The van der Waals surface area contributed by atoms with Crippen LogP contribution in [-0.4, -0.2) is 13.4 Å². The van der Waals surface area contributed by atoms with E-state index in [1.54, 1.807) is 0 Å². The Kier molecular flexibility index (Phi) is 4.10. The summed E-state index contributed by atoms with van der Waals surface area (Å²) in [6.07, 6.45) is 1.49. The molecule has 1 heterocycles. The van der Waals surface area contributed by atoms with Crippen LogP contribution in [0.1, 0.15) is 5.56 Å². The summed E-state index contributed by atoms with van der Waals surface area (Å²) in [5.41, 5.74) is 0.220. The van der Waals surface area contributed by atoms with Crippen LogP contribution in [-0.2, 0) is 10.0 Å². The van der Waals surface area contributed by atoms with E-state index in [0.29, 0.717) is 3.79 Å². The van der Waals surface area contributed by atoms with Crippen LogP contribution in [0.15, 0.2) is 33.1 Å². The second-order valence-electron chi connectivity index (χ2n) is 3.33. The molecule has 5 nitrogen and oxygen atoms in total. The van der Waals surface area contributed by atoms with E-state index in [0.717, 1.165) is 11.3 Å². The Morgan fingerprint density at radius 3 is 2.74 bits per heavy atom. The van der Waals surface area contributed by atoms with Gasteiger partial charge in [0, 0.05) is 0 Å². The van der Waals surface area contributed by atoms with Crippen LogP contribution in [0.4, 0.5) is 5.13 Å². The number of sulfonamides is 1. The molecule has 19 heavy (non-hydrogen) atoms. The van der Waals surface area contributed by atoms with Gasteiger partial charge in [0.1, 0.15) is 6.07 Å². The highest BCUT2D eigenvalue weighted by Gasteiger charge is 2.17. The quantitative estimate of drug-likeness (QED) is 0.889. The number of rotatable bonds is 3. The third-order valence-electron chi connectivity index (χ3n) is 2.07. The summed E-state index contributed by atoms with van der Waals surface area (Å²) in [4.78, 5) is 3.85. The number of anilines is 1. The lowest BCUT2D eigenvalue weighted by molar-refractivity contribution is 0.601. The topological polar surface area (TPSA) is 82.8 Å². The van der Waals surface area contributed by atoms with Gasteiger partial charge in [-0.15, -0.1) is 0 Å². The highest BCUT2D eigenvalue weighted by Crippen LogP contribution is 2.26. The van der Waals surface area contributed by atoms with Crippen molar-refractivity contribution >= 4 is 54.0 Å². The summed E-state index contributed by atoms with van der Waals surface area (Å²) < 4.78 is 27.2. The van der Waals surface area contributed by atoms with Crippen LogP contribution in [0.3, 0.4) is 0 Å². The van der Waals surface area contributed by atoms with E-state index in [2.05, 4.69) is 25.6 Å². The smallest absolute Gasteiger partial charge is 0.255 e. The summed E-state index contributed by atoms with van der Waals surface area (Å²) in [5, 5.41) is 9.07. The molecule has 0 aliphatic carbocycles. The molecule has 0 radical (unpaired) electrons. The second kappa shape index (κ2) is 5.46. The first-order chi connectivity index (χ1) is 8.92. The molecule has 1 aromatic heterocycles. The van der Waals surface area contributed by atoms with E-state index in [1.165, 1.54) is 24.4 Å². The number of hydrogen-bond donors (Lipinski definition) is 1. The number of hydrogen-bond acceptors (Lipinski definition) is 5. The molecule has 1 N–H and O–H groups in total. The van der Waals surface area contributed by atoms with Crippen molar-refractivity contribution in [2.45, 2.75) is 4.90 Å². The van der Waals surface area contributed by atoms with E-state index in [9.17, 15) is 8.42 Å². The van der Waals surface area contributed by atoms with Gasteiger partial charge in [-0.1, -0.05) is 22.9 Å². The van der Waals surface area contributed by atoms with E-state index in [4.69, 9.17) is 16.9 Å². The molecule has 0 unspecified atom stereocenters. The molecule has 1 aromatic carbocycles. The van der Waals surface area contributed by atoms with Crippen LogP contribution in [0.2, 0.25) is 5.02 Å². The van der Waals surface area contributed by atoms with Crippen LogP contribution in [0.25, 0.3) is 0 Å². The summed E-state index contributed by atoms with van der Waals surface area (Å²) >= 11 is 10.1. The predicted octanol–water partition coefficient (Wildman–Crippen LogP) is 3.23. The maximum atomic E-state index is 12.1. The average Bonchev–Trinajstić information content (AvgIpc) is 2.73. The standard InChI is InChI=1S/C10H5BrClN3O2S2/c11-9-5-14-10(18-9)15-19(16,17)7-2-1-6(4-13)8(12)3-7/h1-3,5H,(H,14,15). The third kappa shape index (κ3) is 3.25.